The zero-order chi connectivity index (χ0) is 20.5. The van der Waals surface area contributed by atoms with Crippen molar-refractivity contribution in [2.24, 2.45) is 0 Å². The van der Waals surface area contributed by atoms with E-state index in [0.717, 1.165) is 30.2 Å². The molecule has 0 aliphatic carbocycles. The number of rotatable bonds is 9. The number of pyridine rings is 1. The minimum absolute atomic E-state index is 0.0979. The lowest BCUT2D eigenvalue weighted by molar-refractivity contribution is 0.0954. The molecule has 5 heteroatoms. The molecule has 1 aromatic heterocycles. The normalized spacial score (nSPS) is 10.4. The third kappa shape index (κ3) is 5.57. The van der Waals surface area contributed by atoms with Gasteiger partial charge in [0, 0.05) is 31.4 Å². The van der Waals surface area contributed by atoms with Crippen molar-refractivity contribution in [3.05, 3.63) is 89.6 Å². The lowest BCUT2D eigenvalue weighted by Crippen LogP contribution is -2.27. The van der Waals surface area contributed by atoms with Crippen molar-refractivity contribution < 1.29 is 9.53 Å². The predicted octanol–water partition coefficient (Wildman–Crippen LogP) is 4.09. The smallest absolute Gasteiger partial charge is 0.251 e. The number of benzene rings is 2. The van der Waals surface area contributed by atoms with Crippen molar-refractivity contribution in [3.8, 4) is 5.75 Å². The second kappa shape index (κ2) is 10.3. The van der Waals surface area contributed by atoms with Gasteiger partial charge in [0.15, 0.2) is 0 Å². The summed E-state index contributed by atoms with van der Waals surface area (Å²) in [6.07, 6.45) is 2.40. The lowest BCUT2D eigenvalue weighted by Gasteiger charge is -2.22. The van der Waals surface area contributed by atoms with Gasteiger partial charge in [-0.05, 0) is 42.7 Å². The Morgan fingerprint density at radius 1 is 1.07 bits per heavy atom. The first-order valence-electron chi connectivity index (χ1n) is 9.86. The summed E-state index contributed by atoms with van der Waals surface area (Å²) in [7, 11) is 1.66. The van der Waals surface area contributed by atoms with E-state index < -0.39 is 0 Å². The van der Waals surface area contributed by atoms with Crippen molar-refractivity contribution in [1.29, 1.82) is 0 Å². The van der Waals surface area contributed by atoms with E-state index in [-0.39, 0.29) is 5.91 Å². The van der Waals surface area contributed by atoms with Crippen molar-refractivity contribution in [3.63, 3.8) is 0 Å². The highest BCUT2D eigenvalue weighted by atomic mass is 16.5. The van der Waals surface area contributed by atoms with Crippen LogP contribution in [0.15, 0.2) is 72.9 Å². The van der Waals surface area contributed by atoms with E-state index in [2.05, 4.69) is 34.3 Å². The first-order valence-corrected chi connectivity index (χ1v) is 9.86. The zero-order valence-corrected chi connectivity index (χ0v) is 17.0. The Balaban J connectivity index is 1.62. The average Bonchev–Trinajstić information content (AvgIpc) is 2.78. The van der Waals surface area contributed by atoms with E-state index in [1.54, 1.807) is 19.4 Å². The number of anilines is 1. The Kier molecular flexibility index (Phi) is 7.22. The van der Waals surface area contributed by atoms with Crippen LogP contribution in [0.25, 0.3) is 0 Å². The van der Waals surface area contributed by atoms with E-state index in [4.69, 9.17) is 4.74 Å². The quantitative estimate of drug-likeness (QED) is 0.599. The second-order valence-corrected chi connectivity index (χ2v) is 6.72. The van der Waals surface area contributed by atoms with Crippen molar-refractivity contribution >= 4 is 11.7 Å². The molecule has 0 fully saturated rings. The minimum atomic E-state index is -0.0979. The van der Waals surface area contributed by atoms with Crippen LogP contribution in [-0.4, -0.2) is 31.1 Å². The number of nitrogens with one attached hydrogen (secondary N) is 1. The SMILES string of the molecule is CCN(Cc1ccccc1)c1cc(C(=O)NCCc2ccccc2OC)ccn1. The third-order valence-electron chi connectivity index (χ3n) is 4.80. The fourth-order valence-electron chi connectivity index (χ4n) is 3.21. The number of hydrogen-bond donors (Lipinski definition) is 1. The average molecular weight is 389 g/mol. The Morgan fingerprint density at radius 2 is 1.83 bits per heavy atom. The molecule has 3 rings (SSSR count). The Morgan fingerprint density at radius 3 is 2.59 bits per heavy atom. The van der Waals surface area contributed by atoms with Crippen LogP contribution >= 0.6 is 0 Å². The van der Waals surface area contributed by atoms with Gasteiger partial charge in [0.25, 0.3) is 5.91 Å². The fourth-order valence-corrected chi connectivity index (χ4v) is 3.21. The number of carbonyl (C=O) groups excluding carboxylic acids is 1. The molecule has 0 spiro atoms. The molecule has 0 saturated carbocycles. The molecule has 0 saturated heterocycles. The van der Waals surface area contributed by atoms with E-state index in [1.807, 2.05) is 48.5 Å². The van der Waals surface area contributed by atoms with E-state index in [9.17, 15) is 4.79 Å². The lowest BCUT2D eigenvalue weighted by atomic mass is 10.1. The van der Waals surface area contributed by atoms with Gasteiger partial charge in [0.2, 0.25) is 0 Å². The van der Waals surface area contributed by atoms with Gasteiger partial charge >= 0.3 is 0 Å². The molecule has 0 unspecified atom stereocenters. The molecule has 0 bridgehead atoms. The van der Waals surface area contributed by atoms with E-state index in [0.29, 0.717) is 18.5 Å². The van der Waals surface area contributed by atoms with Crippen molar-refractivity contribution in [2.75, 3.05) is 25.1 Å². The Bertz CT molecular complexity index is 928. The molecule has 2 aromatic carbocycles. The fraction of sp³-hybridized carbons (Fsp3) is 0.250. The van der Waals surface area contributed by atoms with Crippen molar-refractivity contribution in [2.45, 2.75) is 19.9 Å². The number of aromatic nitrogens is 1. The number of methoxy groups -OCH3 is 1. The number of hydrogen-bond acceptors (Lipinski definition) is 4. The number of nitrogens with zero attached hydrogens (tertiary/aromatic N) is 2. The maximum atomic E-state index is 12.6. The minimum Gasteiger partial charge on any atom is -0.496 e. The monoisotopic (exact) mass is 389 g/mol. The summed E-state index contributed by atoms with van der Waals surface area (Å²) in [5, 5.41) is 2.99. The van der Waals surface area contributed by atoms with Gasteiger partial charge < -0.3 is 15.0 Å². The van der Waals surface area contributed by atoms with Crippen LogP contribution in [-0.2, 0) is 13.0 Å². The number of amides is 1. The maximum absolute atomic E-state index is 12.6. The summed E-state index contributed by atoms with van der Waals surface area (Å²) >= 11 is 0. The van der Waals surface area contributed by atoms with Crippen LogP contribution in [0.5, 0.6) is 5.75 Å². The van der Waals surface area contributed by atoms with Gasteiger partial charge in [0.1, 0.15) is 11.6 Å². The molecule has 5 nitrogen and oxygen atoms in total. The number of para-hydroxylation sites is 1. The topological polar surface area (TPSA) is 54.5 Å². The van der Waals surface area contributed by atoms with Gasteiger partial charge in [-0.2, -0.15) is 0 Å². The van der Waals surface area contributed by atoms with Crippen LogP contribution < -0.4 is 15.0 Å². The second-order valence-electron chi connectivity index (χ2n) is 6.72. The third-order valence-corrected chi connectivity index (χ3v) is 4.80. The van der Waals surface area contributed by atoms with Crippen molar-refractivity contribution in [1.82, 2.24) is 10.3 Å². The summed E-state index contributed by atoms with van der Waals surface area (Å²) in [5.74, 6) is 1.54. The van der Waals surface area contributed by atoms with Crippen LogP contribution in [0.2, 0.25) is 0 Å². The van der Waals surface area contributed by atoms with Gasteiger partial charge in [-0.25, -0.2) is 4.98 Å². The Labute approximate surface area is 172 Å². The highest BCUT2D eigenvalue weighted by Crippen LogP contribution is 2.18. The first kappa shape index (κ1) is 20.4. The highest BCUT2D eigenvalue weighted by Gasteiger charge is 2.11. The number of carbonyl (C=O) groups is 1. The summed E-state index contributed by atoms with van der Waals surface area (Å²) in [5.41, 5.74) is 2.90. The zero-order valence-electron chi connectivity index (χ0n) is 17.0. The predicted molar refractivity (Wildman–Crippen MR) is 116 cm³/mol. The molecule has 0 aliphatic rings. The standard InChI is InChI=1S/C24H27N3O2/c1-3-27(18-19-9-5-4-6-10-19)23-17-21(14-15-25-23)24(28)26-16-13-20-11-7-8-12-22(20)29-2/h4-12,14-15,17H,3,13,16,18H2,1-2H3,(H,26,28). The molecule has 0 atom stereocenters. The molecule has 1 amide bonds. The first-order chi connectivity index (χ1) is 14.2. The molecule has 1 N–H and O–H groups in total. The summed E-state index contributed by atoms with van der Waals surface area (Å²) in [6.45, 7) is 4.19. The molecular weight excluding hydrogens is 362 g/mol. The molecule has 150 valence electrons. The van der Waals surface area contributed by atoms with Crippen LogP contribution in [0.3, 0.4) is 0 Å². The van der Waals surface area contributed by atoms with E-state index >= 15 is 0 Å². The summed E-state index contributed by atoms with van der Waals surface area (Å²) < 4.78 is 5.36. The molecular formula is C24H27N3O2. The molecule has 1 heterocycles. The molecule has 0 radical (unpaired) electrons. The van der Waals surface area contributed by atoms with Gasteiger partial charge in [-0.1, -0.05) is 48.5 Å². The summed E-state index contributed by atoms with van der Waals surface area (Å²) in [6, 6.07) is 21.7. The summed E-state index contributed by atoms with van der Waals surface area (Å²) in [4.78, 5) is 19.2. The van der Waals surface area contributed by atoms with Gasteiger partial charge in [0.05, 0.1) is 7.11 Å². The van der Waals surface area contributed by atoms with Gasteiger partial charge in [-0.15, -0.1) is 0 Å². The number of ether oxygens (including phenoxy) is 1. The van der Waals surface area contributed by atoms with Crippen LogP contribution in [0, 0.1) is 0 Å². The molecule has 3 aromatic rings. The maximum Gasteiger partial charge on any atom is 0.251 e. The molecule has 0 aliphatic heterocycles. The van der Waals surface area contributed by atoms with Gasteiger partial charge in [-0.3, -0.25) is 4.79 Å². The van der Waals surface area contributed by atoms with Crippen LogP contribution in [0.4, 0.5) is 5.82 Å². The van der Waals surface area contributed by atoms with Crippen LogP contribution in [0.1, 0.15) is 28.4 Å². The molecule has 29 heavy (non-hydrogen) atoms. The van der Waals surface area contributed by atoms with E-state index in [1.165, 1.54) is 5.56 Å². The Hall–Kier alpha value is -3.34. The highest BCUT2D eigenvalue weighted by molar-refractivity contribution is 5.94. The largest absolute Gasteiger partial charge is 0.496 e.